The quantitative estimate of drug-likeness (QED) is 0.422. The zero-order chi connectivity index (χ0) is 21.9. The van der Waals surface area contributed by atoms with E-state index in [1.165, 1.54) is 19.3 Å². The Morgan fingerprint density at radius 3 is 2.00 bits per heavy atom. The molecule has 1 heterocycles. The molecule has 4 heteroatoms. The van der Waals surface area contributed by atoms with Crippen LogP contribution in [0.5, 0.6) is 0 Å². The van der Waals surface area contributed by atoms with E-state index < -0.39 is 0 Å². The monoisotopic (exact) mass is 421 g/mol. The van der Waals surface area contributed by atoms with Crippen molar-refractivity contribution in [1.29, 1.82) is 0 Å². The predicted octanol–water partition coefficient (Wildman–Crippen LogP) is 6.27. The molecular weight excluding hydrogens is 394 g/mol. The molecule has 1 aromatic heterocycles. The fourth-order valence-corrected chi connectivity index (χ4v) is 4.57. The topological polar surface area (TPSA) is 54.9 Å². The molecule has 4 aromatic rings. The Morgan fingerprint density at radius 2 is 1.38 bits per heavy atom. The van der Waals surface area contributed by atoms with Gasteiger partial charge in [-0.2, -0.15) is 0 Å². The number of nitrogens with zero attached hydrogens (tertiary/aromatic N) is 2. The summed E-state index contributed by atoms with van der Waals surface area (Å²) >= 11 is 0. The minimum absolute atomic E-state index is 0.0270. The van der Waals surface area contributed by atoms with Gasteiger partial charge in [0.2, 0.25) is 0 Å². The van der Waals surface area contributed by atoms with Gasteiger partial charge in [0.1, 0.15) is 0 Å². The number of carbonyl (C=O) groups is 1. The summed E-state index contributed by atoms with van der Waals surface area (Å²) in [7, 11) is 0. The lowest BCUT2D eigenvalue weighted by atomic mass is 9.86. The molecule has 1 aliphatic carbocycles. The number of hydrogen-bond donors (Lipinski definition) is 1. The zero-order valence-corrected chi connectivity index (χ0v) is 18.3. The third-order valence-corrected chi connectivity index (χ3v) is 6.45. The number of nitrogens with one attached hydrogen (secondary N) is 1. The van der Waals surface area contributed by atoms with E-state index in [2.05, 4.69) is 24.4 Å². The standard InChI is InChI=1S/C28H27N3O/c1-19-10-8-9-15-23(19)31-28(32)22-16-17-24-25(18-22)30-27(21-13-6-3-7-14-21)26(29-24)20-11-4-2-5-12-20/h2-7,11-14,16-19,23H,8-10,15H2,1H3,(H,31,32)/t19-,23+/m0/s1. The molecule has 5 rings (SSSR count). The highest BCUT2D eigenvalue weighted by Crippen LogP contribution is 2.31. The van der Waals surface area contributed by atoms with Crippen LogP contribution in [0.15, 0.2) is 78.9 Å². The first-order chi connectivity index (χ1) is 15.7. The molecule has 0 unspecified atom stereocenters. The average molecular weight is 422 g/mol. The summed E-state index contributed by atoms with van der Waals surface area (Å²) in [6.45, 7) is 2.23. The third kappa shape index (κ3) is 4.13. The fraction of sp³-hybridized carbons (Fsp3) is 0.250. The Morgan fingerprint density at radius 1 is 0.781 bits per heavy atom. The maximum absolute atomic E-state index is 13.0. The molecular formula is C28H27N3O. The fourth-order valence-electron chi connectivity index (χ4n) is 4.57. The summed E-state index contributed by atoms with van der Waals surface area (Å²) in [5.74, 6) is 0.493. The van der Waals surface area contributed by atoms with E-state index in [1.807, 2.05) is 66.7 Å². The summed E-state index contributed by atoms with van der Waals surface area (Å²) in [6.07, 6.45) is 4.67. The maximum atomic E-state index is 13.0. The first-order valence-electron chi connectivity index (χ1n) is 11.4. The van der Waals surface area contributed by atoms with Crippen LogP contribution in [0.4, 0.5) is 0 Å². The molecule has 1 fully saturated rings. The molecule has 3 aromatic carbocycles. The van der Waals surface area contributed by atoms with Crippen LogP contribution in [-0.2, 0) is 0 Å². The lowest BCUT2D eigenvalue weighted by Crippen LogP contribution is -2.41. The van der Waals surface area contributed by atoms with Crippen LogP contribution >= 0.6 is 0 Å². The Labute approximate surface area is 188 Å². The molecule has 0 saturated heterocycles. The summed E-state index contributed by atoms with van der Waals surface area (Å²) in [5.41, 5.74) is 5.84. The highest BCUT2D eigenvalue weighted by Gasteiger charge is 2.23. The lowest BCUT2D eigenvalue weighted by Gasteiger charge is -2.29. The van der Waals surface area contributed by atoms with Gasteiger partial charge in [-0.1, -0.05) is 80.4 Å². The molecule has 4 nitrogen and oxygen atoms in total. The number of hydrogen-bond acceptors (Lipinski definition) is 3. The van der Waals surface area contributed by atoms with Crippen LogP contribution in [0, 0.1) is 5.92 Å². The van der Waals surface area contributed by atoms with Crippen LogP contribution in [0.3, 0.4) is 0 Å². The first kappa shape index (κ1) is 20.4. The number of rotatable bonds is 4. The number of amides is 1. The largest absolute Gasteiger partial charge is 0.349 e. The van der Waals surface area contributed by atoms with Crippen molar-refractivity contribution in [3.05, 3.63) is 84.4 Å². The van der Waals surface area contributed by atoms with Crippen molar-refractivity contribution in [3.8, 4) is 22.5 Å². The van der Waals surface area contributed by atoms with E-state index in [1.54, 1.807) is 0 Å². The minimum Gasteiger partial charge on any atom is -0.349 e. The molecule has 1 saturated carbocycles. The molecule has 0 aliphatic heterocycles. The molecule has 1 N–H and O–H groups in total. The van der Waals surface area contributed by atoms with Crippen LogP contribution in [0.1, 0.15) is 43.0 Å². The van der Waals surface area contributed by atoms with Gasteiger partial charge in [0.15, 0.2) is 0 Å². The van der Waals surface area contributed by atoms with Crippen LogP contribution in [0.25, 0.3) is 33.5 Å². The van der Waals surface area contributed by atoms with E-state index in [4.69, 9.17) is 9.97 Å². The molecule has 2 atom stereocenters. The van der Waals surface area contributed by atoms with Gasteiger partial charge in [0, 0.05) is 22.7 Å². The second-order valence-electron chi connectivity index (χ2n) is 8.70. The van der Waals surface area contributed by atoms with Crippen LogP contribution in [0.2, 0.25) is 0 Å². The van der Waals surface area contributed by atoms with Crippen molar-refractivity contribution < 1.29 is 4.79 Å². The highest BCUT2D eigenvalue weighted by molar-refractivity contribution is 5.98. The smallest absolute Gasteiger partial charge is 0.251 e. The van der Waals surface area contributed by atoms with Gasteiger partial charge in [0.05, 0.1) is 22.4 Å². The molecule has 32 heavy (non-hydrogen) atoms. The maximum Gasteiger partial charge on any atom is 0.251 e. The number of carbonyl (C=O) groups excluding carboxylic acids is 1. The highest BCUT2D eigenvalue weighted by atomic mass is 16.1. The van der Waals surface area contributed by atoms with E-state index in [0.717, 1.165) is 40.0 Å². The van der Waals surface area contributed by atoms with Gasteiger partial charge in [-0.25, -0.2) is 9.97 Å². The van der Waals surface area contributed by atoms with Gasteiger partial charge in [0.25, 0.3) is 5.91 Å². The van der Waals surface area contributed by atoms with Gasteiger partial charge in [-0.05, 0) is 37.0 Å². The summed E-state index contributed by atoms with van der Waals surface area (Å²) in [4.78, 5) is 22.9. The van der Waals surface area contributed by atoms with Crippen LogP contribution in [-0.4, -0.2) is 21.9 Å². The van der Waals surface area contributed by atoms with Crippen molar-refractivity contribution >= 4 is 16.9 Å². The Bertz CT molecular complexity index is 1240. The van der Waals surface area contributed by atoms with E-state index in [0.29, 0.717) is 11.5 Å². The van der Waals surface area contributed by atoms with E-state index in [9.17, 15) is 4.79 Å². The molecule has 0 radical (unpaired) electrons. The van der Waals surface area contributed by atoms with E-state index in [-0.39, 0.29) is 11.9 Å². The summed E-state index contributed by atoms with van der Waals surface area (Å²) in [5, 5.41) is 3.25. The van der Waals surface area contributed by atoms with Crippen molar-refractivity contribution in [2.24, 2.45) is 5.92 Å². The third-order valence-electron chi connectivity index (χ3n) is 6.45. The molecule has 160 valence electrons. The van der Waals surface area contributed by atoms with Gasteiger partial charge >= 0.3 is 0 Å². The number of fused-ring (bicyclic) bond motifs is 1. The predicted molar refractivity (Wildman–Crippen MR) is 129 cm³/mol. The van der Waals surface area contributed by atoms with Crippen molar-refractivity contribution in [2.45, 2.75) is 38.6 Å². The Hall–Kier alpha value is -3.53. The molecule has 1 aliphatic rings. The first-order valence-corrected chi connectivity index (χ1v) is 11.4. The van der Waals surface area contributed by atoms with Crippen molar-refractivity contribution in [2.75, 3.05) is 0 Å². The Kier molecular flexibility index (Phi) is 5.68. The lowest BCUT2D eigenvalue weighted by molar-refractivity contribution is 0.0910. The second-order valence-corrected chi connectivity index (χ2v) is 8.70. The Balaban J connectivity index is 1.55. The zero-order valence-electron chi connectivity index (χ0n) is 18.3. The second kappa shape index (κ2) is 8.91. The van der Waals surface area contributed by atoms with Gasteiger partial charge < -0.3 is 5.32 Å². The van der Waals surface area contributed by atoms with Crippen molar-refractivity contribution in [1.82, 2.24) is 15.3 Å². The van der Waals surface area contributed by atoms with Crippen LogP contribution < -0.4 is 5.32 Å². The van der Waals surface area contributed by atoms with E-state index >= 15 is 0 Å². The summed E-state index contributed by atoms with van der Waals surface area (Å²) < 4.78 is 0. The minimum atomic E-state index is -0.0270. The van der Waals surface area contributed by atoms with Gasteiger partial charge in [-0.15, -0.1) is 0 Å². The SMILES string of the molecule is C[C@H]1CCCC[C@H]1NC(=O)c1ccc2nc(-c3ccccc3)c(-c3ccccc3)nc2c1. The molecule has 0 bridgehead atoms. The normalized spacial score (nSPS) is 18.4. The molecule has 1 amide bonds. The summed E-state index contributed by atoms with van der Waals surface area (Å²) in [6, 6.07) is 26.1. The van der Waals surface area contributed by atoms with Crippen molar-refractivity contribution in [3.63, 3.8) is 0 Å². The molecule has 0 spiro atoms. The number of aromatic nitrogens is 2. The number of benzene rings is 3. The average Bonchev–Trinajstić information content (AvgIpc) is 2.85. The van der Waals surface area contributed by atoms with Gasteiger partial charge in [-0.3, -0.25) is 4.79 Å².